The van der Waals surface area contributed by atoms with Gasteiger partial charge in [0.25, 0.3) is 0 Å². The molecule has 9 heteroatoms. The Morgan fingerprint density at radius 2 is 1.62 bits per heavy atom. The highest BCUT2D eigenvalue weighted by Gasteiger charge is 2.44. The molecule has 176 valence electrons. The molecule has 4 aliphatic rings. The number of nitrogens with one attached hydrogen (secondary N) is 5. The number of hydrogen-bond donors (Lipinski definition) is 5. The number of likely N-dealkylation sites (N-methyl/N-ethyl adjacent to an activating group) is 1. The van der Waals surface area contributed by atoms with Gasteiger partial charge in [-0.05, 0) is 44.2 Å². The van der Waals surface area contributed by atoms with Crippen LogP contribution in [-0.2, 0) is 4.79 Å². The van der Waals surface area contributed by atoms with Gasteiger partial charge in [-0.1, -0.05) is 12.8 Å². The van der Waals surface area contributed by atoms with Crippen LogP contribution in [0.2, 0.25) is 0 Å². The highest BCUT2D eigenvalue weighted by molar-refractivity contribution is 5.81. The summed E-state index contributed by atoms with van der Waals surface area (Å²) in [4.78, 5) is 20.1. The molecule has 1 amide bonds. The second kappa shape index (κ2) is 9.93. The highest BCUT2D eigenvalue weighted by Crippen LogP contribution is 2.24. The Balaban J connectivity index is 1.29. The molecule has 4 saturated heterocycles. The maximum atomic E-state index is 12.7. The predicted octanol–water partition coefficient (Wildman–Crippen LogP) is 0.148. The maximum Gasteiger partial charge on any atom is 0.242 e. The van der Waals surface area contributed by atoms with Gasteiger partial charge in [-0.25, -0.2) is 5.43 Å². The number of hydrazine groups is 1. The first-order valence-electron chi connectivity index (χ1n) is 12.3. The molecule has 0 bridgehead atoms. The number of rotatable bonds is 4. The molecule has 4 fully saturated rings. The van der Waals surface area contributed by atoms with Gasteiger partial charge in [-0.15, -0.1) is 0 Å². The van der Waals surface area contributed by atoms with Gasteiger partial charge in [-0.3, -0.25) is 25.8 Å². The molecule has 4 unspecified atom stereocenters. The Morgan fingerprint density at radius 3 is 2.34 bits per heavy atom. The Labute approximate surface area is 191 Å². The van der Waals surface area contributed by atoms with Crippen LogP contribution in [0.1, 0.15) is 25.7 Å². The molecule has 5 N–H and O–H groups in total. The average Bonchev–Trinajstić information content (AvgIpc) is 3.10. The summed E-state index contributed by atoms with van der Waals surface area (Å²) in [6, 6.07) is 8.76. The molecule has 1 aromatic carbocycles. The number of hydrogen-bond acceptors (Lipinski definition) is 8. The molecule has 0 aliphatic carbocycles. The van der Waals surface area contributed by atoms with Crippen LogP contribution in [0.5, 0.6) is 0 Å². The lowest BCUT2D eigenvalue weighted by Crippen LogP contribution is -2.76. The van der Waals surface area contributed by atoms with E-state index in [1.165, 1.54) is 31.4 Å². The van der Waals surface area contributed by atoms with Crippen LogP contribution in [0.3, 0.4) is 0 Å². The van der Waals surface area contributed by atoms with Crippen molar-refractivity contribution in [1.29, 1.82) is 0 Å². The summed E-state index contributed by atoms with van der Waals surface area (Å²) < 4.78 is 0. The van der Waals surface area contributed by atoms with E-state index in [1.54, 1.807) is 0 Å². The van der Waals surface area contributed by atoms with Crippen molar-refractivity contribution >= 4 is 17.3 Å². The number of carbonyl (C=O) groups excluding carboxylic acids is 1. The van der Waals surface area contributed by atoms with Gasteiger partial charge in [0.1, 0.15) is 6.29 Å². The number of anilines is 2. The van der Waals surface area contributed by atoms with Crippen molar-refractivity contribution in [2.75, 3.05) is 63.1 Å². The van der Waals surface area contributed by atoms with Crippen molar-refractivity contribution in [2.45, 2.75) is 44.2 Å². The van der Waals surface area contributed by atoms with E-state index < -0.39 is 0 Å². The van der Waals surface area contributed by atoms with Crippen LogP contribution >= 0.6 is 0 Å². The monoisotopic (exact) mass is 442 g/mol. The largest absolute Gasteiger partial charge is 0.369 e. The standard InChI is InChI=1S/C23H38N8O/c1-29-12-14-30(15-13-29)18-8-6-17(7-9-18)25-21-20-19(16-24-28-22(20)32)26-23(27-21)31-10-4-2-3-5-11-31/h6-9,19-21,23-27H,2-5,10-16H2,1H3,(H,28,32). The summed E-state index contributed by atoms with van der Waals surface area (Å²) in [5.41, 5.74) is 8.19. The maximum absolute atomic E-state index is 12.7. The van der Waals surface area contributed by atoms with E-state index in [0.717, 1.165) is 51.5 Å². The second-order valence-electron chi connectivity index (χ2n) is 9.65. The Bertz CT molecular complexity index is 758. The number of fused-ring (bicyclic) bond motifs is 1. The third kappa shape index (κ3) is 4.87. The minimum Gasteiger partial charge on any atom is -0.369 e. The van der Waals surface area contributed by atoms with Gasteiger partial charge < -0.3 is 15.1 Å². The molecule has 4 aliphatic heterocycles. The molecular formula is C23H38N8O. The highest BCUT2D eigenvalue weighted by atomic mass is 16.2. The zero-order valence-electron chi connectivity index (χ0n) is 19.1. The summed E-state index contributed by atoms with van der Waals surface area (Å²) in [5, 5.41) is 11.0. The van der Waals surface area contributed by atoms with E-state index in [0.29, 0.717) is 0 Å². The molecule has 4 heterocycles. The van der Waals surface area contributed by atoms with Crippen LogP contribution in [0.25, 0.3) is 0 Å². The average molecular weight is 443 g/mol. The van der Waals surface area contributed by atoms with E-state index in [9.17, 15) is 4.79 Å². The van der Waals surface area contributed by atoms with Crippen molar-refractivity contribution in [3.63, 3.8) is 0 Å². The quantitative estimate of drug-likeness (QED) is 0.451. The fraction of sp³-hybridized carbons (Fsp3) is 0.696. The van der Waals surface area contributed by atoms with Crippen LogP contribution in [0.15, 0.2) is 24.3 Å². The van der Waals surface area contributed by atoms with E-state index >= 15 is 0 Å². The summed E-state index contributed by atoms with van der Waals surface area (Å²) >= 11 is 0. The van der Waals surface area contributed by atoms with Gasteiger partial charge in [-0.2, -0.15) is 0 Å². The van der Waals surface area contributed by atoms with Crippen LogP contribution < -0.4 is 31.7 Å². The van der Waals surface area contributed by atoms with Crippen molar-refractivity contribution in [1.82, 2.24) is 31.3 Å². The van der Waals surface area contributed by atoms with Gasteiger partial charge in [0.15, 0.2) is 0 Å². The number of likely N-dealkylation sites (tertiary alicyclic amines) is 1. The molecule has 0 spiro atoms. The van der Waals surface area contributed by atoms with Gasteiger partial charge >= 0.3 is 0 Å². The summed E-state index contributed by atoms with van der Waals surface area (Å²) in [7, 11) is 2.18. The molecule has 0 aromatic heterocycles. The van der Waals surface area contributed by atoms with E-state index in [2.05, 4.69) is 72.8 Å². The SMILES string of the molecule is CN1CCN(c2ccc(NC3NC(N4CCCCCC4)NC4CNNC(=O)C43)cc2)CC1. The Hall–Kier alpha value is -1.91. The van der Waals surface area contributed by atoms with Crippen molar-refractivity contribution in [3.8, 4) is 0 Å². The lowest BCUT2D eigenvalue weighted by atomic mass is 9.91. The first-order valence-corrected chi connectivity index (χ1v) is 12.3. The third-order valence-corrected chi connectivity index (χ3v) is 7.40. The number of amides is 1. The summed E-state index contributed by atoms with van der Waals surface area (Å²) in [6.45, 7) is 7.23. The number of benzene rings is 1. The van der Waals surface area contributed by atoms with Gasteiger partial charge in [0.05, 0.1) is 12.1 Å². The smallest absolute Gasteiger partial charge is 0.242 e. The van der Waals surface area contributed by atoms with Gasteiger partial charge in [0.2, 0.25) is 5.91 Å². The minimum atomic E-state index is -0.184. The molecule has 0 saturated carbocycles. The fourth-order valence-electron chi connectivity index (χ4n) is 5.42. The molecule has 32 heavy (non-hydrogen) atoms. The molecule has 9 nitrogen and oxygen atoms in total. The second-order valence-corrected chi connectivity index (χ2v) is 9.65. The van der Waals surface area contributed by atoms with Crippen molar-refractivity contribution < 1.29 is 4.79 Å². The molecule has 0 radical (unpaired) electrons. The minimum absolute atomic E-state index is 0.0297. The first-order chi connectivity index (χ1) is 15.7. The lowest BCUT2D eigenvalue weighted by molar-refractivity contribution is -0.132. The summed E-state index contributed by atoms with van der Waals surface area (Å²) in [5.74, 6) is -0.154. The Morgan fingerprint density at radius 1 is 0.906 bits per heavy atom. The molecule has 4 atom stereocenters. The zero-order chi connectivity index (χ0) is 21.9. The lowest BCUT2D eigenvalue weighted by Gasteiger charge is -2.48. The number of carbonyl (C=O) groups is 1. The molecular weight excluding hydrogens is 404 g/mol. The van der Waals surface area contributed by atoms with Crippen LogP contribution in [0, 0.1) is 5.92 Å². The normalized spacial score (nSPS) is 32.7. The van der Waals surface area contributed by atoms with E-state index in [1.807, 2.05) is 0 Å². The number of piperazine rings is 1. The fourth-order valence-corrected chi connectivity index (χ4v) is 5.42. The van der Waals surface area contributed by atoms with Gasteiger partial charge in [0, 0.05) is 63.2 Å². The first kappa shape index (κ1) is 21.9. The molecule has 5 rings (SSSR count). The summed E-state index contributed by atoms with van der Waals surface area (Å²) in [6.07, 6.45) is 5.02. The zero-order valence-corrected chi connectivity index (χ0v) is 19.1. The molecule has 1 aromatic rings. The topological polar surface area (TPSA) is 86.9 Å². The van der Waals surface area contributed by atoms with Crippen molar-refractivity contribution in [2.24, 2.45) is 5.92 Å². The third-order valence-electron chi connectivity index (χ3n) is 7.40. The Kier molecular flexibility index (Phi) is 6.80. The van der Waals surface area contributed by atoms with E-state index in [-0.39, 0.29) is 30.3 Å². The van der Waals surface area contributed by atoms with Crippen LogP contribution in [-0.4, -0.2) is 87.1 Å². The van der Waals surface area contributed by atoms with Crippen molar-refractivity contribution in [3.05, 3.63) is 24.3 Å². The van der Waals surface area contributed by atoms with Crippen LogP contribution in [0.4, 0.5) is 11.4 Å². The van der Waals surface area contributed by atoms with E-state index in [4.69, 9.17) is 0 Å². The number of nitrogens with zero attached hydrogens (tertiary/aromatic N) is 3. The predicted molar refractivity (Wildman–Crippen MR) is 127 cm³/mol.